The van der Waals surface area contributed by atoms with Gasteiger partial charge in [0.2, 0.25) is 0 Å². The highest BCUT2D eigenvalue weighted by Crippen LogP contribution is 2.32. The molecule has 5 rings (SSSR count). The van der Waals surface area contributed by atoms with E-state index in [1.165, 1.54) is 6.92 Å². The molecule has 8 nitrogen and oxygen atoms in total. The molecule has 1 aliphatic rings. The van der Waals surface area contributed by atoms with Crippen LogP contribution in [0.1, 0.15) is 72.0 Å². The molecule has 3 aromatic carbocycles. The van der Waals surface area contributed by atoms with E-state index < -0.39 is 17.9 Å². The van der Waals surface area contributed by atoms with Crippen molar-refractivity contribution in [1.29, 1.82) is 0 Å². The van der Waals surface area contributed by atoms with Crippen molar-refractivity contribution in [3.05, 3.63) is 82.4 Å². The number of fused-ring (bicyclic) bond motifs is 3. The zero-order valence-corrected chi connectivity index (χ0v) is 23.5. The average molecular weight is 541 g/mol. The number of carbonyl (C=O) groups excluding carboxylic acids is 3. The van der Waals surface area contributed by atoms with Gasteiger partial charge >= 0.3 is 5.97 Å². The number of ketones is 2. The lowest BCUT2D eigenvalue weighted by Gasteiger charge is -2.16. The number of nitrogens with zero attached hydrogens (tertiary/aromatic N) is 2. The third kappa shape index (κ3) is 5.08. The maximum absolute atomic E-state index is 13.7. The van der Waals surface area contributed by atoms with Gasteiger partial charge in [0, 0.05) is 52.0 Å². The van der Waals surface area contributed by atoms with Crippen LogP contribution in [0.5, 0.6) is 0 Å². The van der Waals surface area contributed by atoms with Gasteiger partial charge in [-0.1, -0.05) is 23.4 Å². The maximum atomic E-state index is 13.7. The summed E-state index contributed by atoms with van der Waals surface area (Å²) in [6.07, 6.45) is -0.665. The first kappa shape index (κ1) is 27.4. The van der Waals surface area contributed by atoms with Crippen LogP contribution in [-0.4, -0.2) is 46.3 Å². The van der Waals surface area contributed by atoms with E-state index in [1.54, 1.807) is 39.0 Å². The quantitative estimate of drug-likeness (QED) is 0.124. The molecule has 1 aliphatic heterocycles. The van der Waals surface area contributed by atoms with Crippen LogP contribution >= 0.6 is 0 Å². The fourth-order valence-electron chi connectivity index (χ4n) is 5.23. The molecule has 4 aromatic rings. The number of ether oxygens (including phenoxy) is 2. The topological polar surface area (TPSA) is 96.2 Å². The molecule has 40 heavy (non-hydrogen) atoms. The Bertz CT molecular complexity index is 1710. The number of carbonyl (C=O) groups is 3. The first-order valence-corrected chi connectivity index (χ1v) is 13.3. The lowest BCUT2D eigenvalue weighted by atomic mass is 9.94. The van der Waals surface area contributed by atoms with E-state index in [4.69, 9.17) is 14.3 Å². The second-order valence-electron chi connectivity index (χ2n) is 10.5. The second kappa shape index (κ2) is 10.4. The monoisotopic (exact) mass is 540 g/mol. The zero-order chi connectivity index (χ0) is 28.8. The predicted molar refractivity (Wildman–Crippen MR) is 153 cm³/mol. The van der Waals surface area contributed by atoms with Gasteiger partial charge in [-0.05, 0) is 82.1 Å². The van der Waals surface area contributed by atoms with Crippen LogP contribution in [-0.2, 0) is 25.7 Å². The molecule has 1 aromatic heterocycles. The summed E-state index contributed by atoms with van der Waals surface area (Å²) in [4.78, 5) is 42.6. The third-order valence-corrected chi connectivity index (χ3v) is 7.23. The number of aromatic nitrogens is 1. The van der Waals surface area contributed by atoms with Gasteiger partial charge in [-0.25, -0.2) is 4.79 Å². The van der Waals surface area contributed by atoms with Gasteiger partial charge in [-0.3, -0.25) is 9.59 Å². The third-order valence-electron chi connectivity index (χ3n) is 7.23. The van der Waals surface area contributed by atoms with Crippen LogP contribution in [0.2, 0.25) is 0 Å². The van der Waals surface area contributed by atoms with Crippen molar-refractivity contribution in [2.75, 3.05) is 6.61 Å². The molecular weight excluding hydrogens is 508 g/mol. The molecular formula is C32H32N2O6. The Kier molecular flexibility index (Phi) is 7.16. The number of hydrogen-bond acceptors (Lipinski definition) is 7. The van der Waals surface area contributed by atoms with Crippen molar-refractivity contribution in [3.63, 3.8) is 0 Å². The molecule has 0 radical (unpaired) electrons. The summed E-state index contributed by atoms with van der Waals surface area (Å²) in [6, 6.07) is 16.8. The van der Waals surface area contributed by atoms with Crippen molar-refractivity contribution < 1.29 is 28.7 Å². The Hall–Kier alpha value is -4.14. The van der Waals surface area contributed by atoms with Crippen molar-refractivity contribution in [2.24, 2.45) is 5.16 Å². The van der Waals surface area contributed by atoms with Gasteiger partial charge in [0.15, 0.2) is 17.4 Å². The molecule has 0 N–H and O–H groups in total. The highest BCUT2D eigenvalue weighted by Gasteiger charge is 2.37. The first-order valence-electron chi connectivity index (χ1n) is 13.3. The number of rotatable bonds is 7. The Morgan fingerprint density at radius 1 is 0.950 bits per heavy atom. The second-order valence-corrected chi connectivity index (χ2v) is 10.5. The number of benzene rings is 3. The average Bonchev–Trinajstić information content (AvgIpc) is 3.46. The van der Waals surface area contributed by atoms with Gasteiger partial charge in [-0.2, -0.15) is 0 Å². The molecule has 1 atom stereocenters. The van der Waals surface area contributed by atoms with Crippen molar-refractivity contribution >= 4 is 45.1 Å². The highest BCUT2D eigenvalue weighted by molar-refractivity contribution is 6.16. The molecule has 206 valence electrons. The highest BCUT2D eigenvalue weighted by atomic mass is 16.7. The van der Waals surface area contributed by atoms with Gasteiger partial charge in [0.25, 0.3) is 0 Å². The Morgan fingerprint density at radius 2 is 1.57 bits per heavy atom. The Morgan fingerprint density at radius 3 is 2.15 bits per heavy atom. The van der Waals surface area contributed by atoms with Crippen molar-refractivity contribution in [2.45, 2.75) is 60.0 Å². The molecule has 1 fully saturated rings. The largest absolute Gasteiger partial charge is 0.347 e. The van der Waals surface area contributed by atoms with Crippen molar-refractivity contribution in [3.8, 4) is 0 Å². The summed E-state index contributed by atoms with van der Waals surface area (Å²) in [5.74, 6) is -1.56. The molecule has 0 bridgehead atoms. The molecule has 8 heteroatoms. The molecule has 1 unspecified atom stereocenters. The van der Waals surface area contributed by atoms with Gasteiger partial charge in [-0.15, -0.1) is 0 Å². The minimum absolute atomic E-state index is 0.124. The SMILES string of the molecule is CCn1c2ccc(C(=O)c3ccc(C(=O)C4COC(C)(C)O4)cc3C)cc2c2cc(/C(C)=N/OC(C)=O)ccc21. The number of aryl methyl sites for hydroxylation is 2. The van der Waals surface area contributed by atoms with Gasteiger partial charge in [0.1, 0.15) is 6.10 Å². The van der Waals surface area contributed by atoms with Gasteiger partial charge < -0.3 is 18.9 Å². The zero-order valence-electron chi connectivity index (χ0n) is 23.5. The van der Waals surface area contributed by atoms with Crippen LogP contribution in [0.25, 0.3) is 21.8 Å². The Labute approximate surface area is 232 Å². The van der Waals surface area contributed by atoms with E-state index in [2.05, 4.69) is 16.6 Å². The summed E-state index contributed by atoms with van der Waals surface area (Å²) < 4.78 is 13.5. The molecule has 1 saturated heterocycles. The number of oxime groups is 1. The van der Waals surface area contributed by atoms with E-state index in [0.29, 0.717) is 28.0 Å². The van der Waals surface area contributed by atoms with Crippen LogP contribution in [0.4, 0.5) is 0 Å². The molecule has 2 heterocycles. The lowest BCUT2D eigenvalue weighted by molar-refractivity contribution is -0.141. The fourth-order valence-corrected chi connectivity index (χ4v) is 5.23. The van der Waals surface area contributed by atoms with E-state index in [-0.39, 0.29) is 18.2 Å². The first-order chi connectivity index (χ1) is 19.0. The maximum Gasteiger partial charge on any atom is 0.331 e. The fraction of sp³-hybridized carbons (Fsp3) is 0.312. The van der Waals surface area contributed by atoms with Crippen LogP contribution in [0.3, 0.4) is 0 Å². The lowest BCUT2D eigenvalue weighted by Crippen LogP contribution is -2.27. The van der Waals surface area contributed by atoms with Crippen LogP contribution in [0.15, 0.2) is 59.8 Å². The summed E-state index contributed by atoms with van der Waals surface area (Å²) in [5, 5.41) is 5.83. The van der Waals surface area contributed by atoms with Crippen molar-refractivity contribution in [1.82, 2.24) is 4.57 Å². The van der Waals surface area contributed by atoms with Gasteiger partial charge in [0.05, 0.1) is 12.3 Å². The van der Waals surface area contributed by atoms with E-state index in [0.717, 1.165) is 33.9 Å². The standard InChI is InChI=1S/C32H32N2O6/c1-7-34-27-12-9-21(19(3)33-40-20(4)35)15-25(27)26-16-23(10-13-28(26)34)30(36)24-11-8-22(14-18(24)2)31(37)29-17-38-32(5,6)39-29/h8-16,29H,7,17H2,1-6H3/b33-19+. The van der Waals surface area contributed by atoms with Crippen LogP contribution < -0.4 is 0 Å². The minimum atomic E-state index is -0.792. The number of hydrogen-bond donors (Lipinski definition) is 0. The summed E-state index contributed by atoms with van der Waals surface area (Å²) in [7, 11) is 0. The summed E-state index contributed by atoms with van der Waals surface area (Å²) in [6.45, 7) is 11.5. The predicted octanol–water partition coefficient (Wildman–Crippen LogP) is 5.98. The summed E-state index contributed by atoms with van der Waals surface area (Å²) in [5.41, 5.74) is 5.72. The number of Topliss-reactive ketones (excluding diaryl/α,β-unsaturated/α-hetero) is 1. The van der Waals surface area contributed by atoms with E-state index in [9.17, 15) is 14.4 Å². The summed E-state index contributed by atoms with van der Waals surface area (Å²) >= 11 is 0. The minimum Gasteiger partial charge on any atom is -0.347 e. The smallest absolute Gasteiger partial charge is 0.331 e. The van der Waals surface area contributed by atoms with Crippen LogP contribution in [0, 0.1) is 6.92 Å². The molecule has 0 aliphatic carbocycles. The van der Waals surface area contributed by atoms with E-state index >= 15 is 0 Å². The Balaban J connectivity index is 1.50. The van der Waals surface area contributed by atoms with E-state index in [1.807, 2.05) is 43.3 Å². The molecule has 0 spiro atoms. The normalized spacial score (nSPS) is 16.9. The molecule has 0 saturated carbocycles. The molecule has 0 amide bonds.